The van der Waals surface area contributed by atoms with E-state index in [1.165, 1.54) is 10.4 Å². The minimum atomic E-state index is -0.00525. The Morgan fingerprint density at radius 3 is 2.59 bits per heavy atom. The highest BCUT2D eigenvalue weighted by Gasteiger charge is 2.20. The first-order chi connectivity index (χ1) is 15.0. The number of amides is 1. The number of hydrogen-bond donors (Lipinski definition) is 2. The van der Waals surface area contributed by atoms with E-state index in [1.807, 2.05) is 6.20 Å². The third-order valence-electron chi connectivity index (χ3n) is 5.35. The van der Waals surface area contributed by atoms with Crippen LogP contribution in [0.1, 0.15) is 28.3 Å². The lowest BCUT2D eigenvalue weighted by atomic mass is 10.0. The zero-order chi connectivity index (χ0) is 22.1. The number of aliphatic imine (C=N–C) groups is 1. The molecule has 0 unspecified atom stereocenters. The van der Waals surface area contributed by atoms with E-state index in [4.69, 9.17) is 0 Å². The van der Waals surface area contributed by atoms with Gasteiger partial charge in [0.2, 0.25) is 5.91 Å². The van der Waals surface area contributed by atoms with Crippen molar-refractivity contribution in [1.29, 1.82) is 0 Å². The Morgan fingerprint density at radius 1 is 1.25 bits per heavy atom. The maximum atomic E-state index is 12.0. The number of aromatic nitrogens is 1. The molecule has 2 aromatic rings. The number of benzene rings is 1. The van der Waals surface area contributed by atoms with Gasteiger partial charge in [-0.25, -0.2) is 9.98 Å². The number of nitrogens with one attached hydrogen (secondary N) is 2. The number of nitrogens with zero attached hydrogens (tertiary/aromatic N) is 4. The van der Waals surface area contributed by atoms with Gasteiger partial charge in [0, 0.05) is 63.8 Å². The number of guanidine groups is 1. The number of likely N-dealkylation sites (N-methyl/N-ethyl adjacent to an activating group) is 1. The Labute approximate surface area is 212 Å². The van der Waals surface area contributed by atoms with Gasteiger partial charge >= 0.3 is 0 Å². The maximum absolute atomic E-state index is 12.0. The largest absolute Gasteiger partial charge is 0.356 e. The van der Waals surface area contributed by atoms with E-state index in [-0.39, 0.29) is 36.4 Å². The van der Waals surface area contributed by atoms with E-state index in [0.717, 1.165) is 50.4 Å². The zero-order valence-corrected chi connectivity index (χ0v) is 22.4. The molecule has 1 aromatic heterocycles. The van der Waals surface area contributed by atoms with Gasteiger partial charge in [-0.15, -0.1) is 35.3 Å². The number of aryl methyl sites for hydroxylation is 1. The van der Waals surface area contributed by atoms with Crippen LogP contribution >= 0.6 is 35.3 Å². The number of hydrogen-bond acceptors (Lipinski definition) is 5. The first-order valence-electron chi connectivity index (χ1n) is 10.9. The van der Waals surface area contributed by atoms with Crippen molar-refractivity contribution < 1.29 is 4.79 Å². The maximum Gasteiger partial charge on any atom is 0.243 e. The second-order valence-corrected chi connectivity index (χ2v) is 9.49. The van der Waals surface area contributed by atoms with Crippen molar-refractivity contribution >= 4 is 47.2 Å². The fraction of sp³-hybridized carbons (Fsp3) is 0.522. The van der Waals surface area contributed by atoms with Crippen LogP contribution in [0, 0.1) is 6.92 Å². The molecular formula is C23H35IN6OS. The molecule has 0 aliphatic carbocycles. The Bertz CT molecular complexity index is 849. The summed E-state index contributed by atoms with van der Waals surface area (Å²) in [5.74, 6) is 0.708. The van der Waals surface area contributed by atoms with Crippen molar-refractivity contribution in [2.75, 3.05) is 40.3 Å². The molecule has 0 atom stereocenters. The van der Waals surface area contributed by atoms with Crippen LogP contribution in [0.15, 0.2) is 41.5 Å². The van der Waals surface area contributed by atoms with Crippen molar-refractivity contribution in [1.82, 2.24) is 25.4 Å². The topological polar surface area (TPSA) is 72.9 Å². The summed E-state index contributed by atoms with van der Waals surface area (Å²) < 4.78 is 0. The van der Waals surface area contributed by atoms with Gasteiger partial charge in [-0.2, -0.15) is 0 Å². The van der Waals surface area contributed by atoms with Crippen molar-refractivity contribution in [2.45, 2.75) is 38.8 Å². The lowest BCUT2D eigenvalue weighted by molar-refractivity contribution is -0.127. The Kier molecular flexibility index (Phi) is 11.4. The van der Waals surface area contributed by atoms with Crippen LogP contribution in [-0.2, 0) is 17.8 Å². The fourth-order valence-corrected chi connectivity index (χ4v) is 4.30. The van der Waals surface area contributed by atoms with Gasteiger partial charge in [0.1, 0.15) is 6.54 Å². The minimum absolute atomic E-state index is 0. The number of carbonyl (C=O) groups is 1. The summed E-state index contributed by atoms with van der Waals surface area (Å²) in [6.45, 7) is 6.05. The molecule has 1 aromatic carbocycles. The predicted molar refractivity (Wildman–Crippen MR) is 143 cm³/mol. The summed E-state index contributed by atoms with van der Waals surface area (Å²) in [5, 5.41) is 8.06. The molecular weight excluding hydrogens is 535 g/mol. The van der Waals surface area contributed by atoms with Gasteiger partial charge in [-0.05, 0) is 25.3 Å². The number of thiazole rings is 1. The molecule has 1 amide bonds. The SMILES string of the molecule is Cc1cnc(CCNC(=NCC(=O)N(C)C)NC2CCN(Cc3ccccc3)CC2)s1.I. The van der Waals surface area contributed by atoms with E-state index in [0.29, 0.717) is 12.0 Å². The number of carbonyl (C=O) groups excluding carboxylic acids is 1. The molecule has 2 N–H and O–H groups in total. The van der Waals surface area contributed by atoms with E-state index < -0.39 is 0 Å². The zero-order valence-electron chi connectivity index (χ0n) is 19.2. The number of likely N-dealkylation sites (tertiary alicyclic amines) is 1. The van der Waals surface area contributed by atoms with E-state index in [2.05, 4.69) is 62.8 Å². The van der Waals surface area contributed by atoms with Gasteiger partial charge in [0.15, 0.2) is 5.96 Å². The standard InChI is InChI=1S/C23H34N6OS.HI/c1-18-15-25-21(31-18)9-12-24-23(26-16-22(30)28(2)3)27-20-10-13-29(14-11-20)17-19-7-5-4-6-8-19;/h4-8,15,20H,9-14,16-17H2,1-3H3,(H2,24,26,27);1H. The van der Waals surface area contributed by atoms with Crippen LogP contribution in [0.3, 0.4) is 0 Å². The Balaban J connectivity index is 0.00000363. The summed E-state index contributed by atoms with van der Waals surface area (Å²) in [7, 11) is 3.51. The smallest absolute Gasteiger partial charge is 0.243 e. The van der Waals surface area contributed by atoms with Gasteiger partial charge in [-0.3, -0.25) is 9.69 Å². The second-order valence-electron chi connectivity index (χ2n) is 8.17. The molecule has 0 radical (unpaired) electrons. The Hall–Kier alpha value is -1.72. The monoisotopic (exact) mass is 570 g/mol. The number of rotatable bonds is 8. The van der Waals surface area contributed by atoms with Gasteiger partial charge in [-0.1, -0.05) is 30.3 Å². The highest BCUT2D eigenvalue weighted by molar-refractivity contribution is 14.0. The van der Waals surface area contributed by atoms with Crippen LogP contribution in [0.4, 0.5) is 0 Å². The number of halogens is 1. The average molecular weight is 571 g/mol. The van der Waals surface area contributed by atoms with Crippen LogP contribution in [0.5, 0.6) is 0 Å². The third-order valence-corrected chi connectivity index (χ3v) is 6.32. The highest BCUT2D eigenvalue weighted by Crippen LogP contribution is 2.14. The predicted octanol–water partition coefficient (Wildman–Crippen LogP) is 2.90. The molecule has 32 heavy (non-hydrogen) atoms. The Morgan fingerprint density at radius 2 is 1.97 bits per heavy atom. The van der Waals surface area contributed by atoms with Crippen LogP contribution in [0.25, 0.3) is 0 Å². The summed E-state index contributed by atoms with van der Waals surface area (Å²) in [6, 6.07) is 11.0. The lowest BCUT2D eigenvalue weighted by Gasteiger charge is -2.33. The summed E-state index contributed by atoms with van der Waals surface area (Å²) in [5.41, 5.74) is 1.36. The molecule has 0 bridgehead atoms. The van der Waals surface area contributed by atoms with E-state index >= 15 is 0 Å². The molecule has 1 aliphatic heterocycles. The first kappa shape index (κ1) is 26.5. The molecule has 0 saturated carbocycles. The van der Waals surface area contributed by atoms with Crippen LogP contribution < -0.4 is 10.6 Å². The van der Waals surface area contributed by atoms with Gasteiger partial charge < -0.3 is 15.5 Å². The molecule has 3 rings (SSSR count). The van der Waals surface area contributed by atoms with E-state index in [9.17, 15) is 4.79 Å². The summed E-state index contributed by atoms with van der Waals surface area (Å²) in [6.07, 6.45) is 4.87. The summed E-state index contributed by atoms with van der Waals surface area (Å²) in [4.78, 5) is 26.2. The highest BCUT2D eigenvalue weighted by atomic mass is 127. The quantitative estimate of drug-likeness (QED) is 0.290. The minimum Gasteiger partial charge on any atom is -0.356 e. The molecule has 2 heterocycles. The average Bonchev–Trinajstić information content (AvgIpc) is 3.18. The fourth-order valence-electron chi connectivity index (χ4n) is 3.52. The van der Waals surface area contributed by atoms with Gasteiger partial charge in [0.25, 0.3) is 0 Å². The van der Waals surface area contributed by atoms with Crippen LogP contribution in [-0.4, -0.2) is 73.0 Å². The second kappa shape index (κ2) is 13.7. The summed E-state index contributed by atoms with van der Waals surface area (Å²) >= 11 is 1.72. The van der Waals surface area contributed by atoms with E-state index in [1.54, 1.807) is 30.3 Å². The van der Waals surface area contributed by atoms with Crippen molar-refractivity contribution in [3.8, 4) is 0 Å². The van der Waals surface area contributed by atoms with Crippen molar-refractivity contribution in [2.24, 2.45) is 4.99 Å². The number of piperidine rings is 1. The normalized spacial score (nSPS) is 15.2. The molecule has 176 valence electrons. The van der Waals surface area contributed by atoms with Crippen molar-refractivity contribution in [3.05, 3.63) is 52.0 Å². The molecule has 1 aliphatic rings. The van der Waals surface area contributed by atoms with Crippen molar-refractivity contribution in [3.63, 3.8) is 0 Å². The first-order valence-corrected chi connectivity index (χ1v) is 11.7. The molecule has 0 spiro atoms. The third kappa shape index (κ3) is 9.03. The van der Waals surface area contributed by atoms with Gasteiger partial charge in [0.05, 0.1) is 5.01 Å². The van der Waals surface area contributed by atoms with Crippen LogP contribution in [0.2, 0.25) is 0 Å². The lowest BCUT2D eigenvalue weighted by Crippen LogP contribution is -2.49. The molecule has 1 fully saturated rings. The molecule has 7 nitrogen and oxygen atoms in total. The molecule has 9 heteroatoms. The molecule has 1 saturated heterocycles.